The van der Waals surface area contributed by atoms with Crippen LogP contribution in [0, 0.1) is 0 Å². The molecule has 0 unspecified atom stereocenters. The van der Waals surface area contributed by atoms with Gasteiger partial charge in [0.15, 0.2) is 0 Å². The van der Waals surface area contributed by atoms with E-state index in [1.165, 1.54) is 25.5 Å². The Kier molecular flexibility index (Phi) is 3.55. The van der Waals surface area contributed by atoms with Crippen molar-refractivity contribution in [3.8, 4) is 0 Å². The molecule has 0 amide bonds. The lowest BCUT2D eigenvalue weighted by Crippen LogP contribution is -1.94. The Morgan fingerprint density at radius 2 is 2.36 bits per heavy atom. The number of rotatable bonds is 3. The molecular weight excluding hydrogens is 182 g/mol. The maximum Gasteiger partial charge on any atom is 0.330 e. The van der Waals surface area contributed by atoms with Crippen LogP contribution in [-0.2, 0) is 9.53 Å². The van der Waals surface area contributed by atoms with E-state index in [9.17, 15) is 9.59 Å². The third kappa shape index (κ3) is 2.82. The number of esters is 1. The number of ether oxygens (including phenoxy) is 1. The quantitative estimate of drug-likeness (QED) is 0.407. The predicted octanol–water partition coefficient (Wildman–Crippen LogP) is 1.08. The van der Waals surface area contributed by atoms with Gasteiger partial charge in [0.05, 0.1) is 12.8 Å². The highest BCUT2D eigenvalue weighted by Crippen LogP contribution is 2.01. The molecular formula is C10H9NO3. The Hall–Kier alpha value is -1.97. The van der Waals surface area contributed by atoms with Crippen LogP contribution in [0.2, 0.25) is 0 Å². The summed E-state index contributed by atoms with van der Waals surface area (Å²) in [6.07, 6.45) is 4.95. The van der Waals surface area contributed by atoms with Gasteiger partial charge in [-0.2, -0.15) is 0 Å². The van der Waals surface area contributed by atoms with Crippen molar-refractivity contribution in [2.24, 2.45) is 0 Å². The number of carbonyl (C=O) groups excluding carboxylic acids is 2. The second kappa shape index (κ2) is 4.91. The molecule has 1 rings (SSSR count). The molecule has 1 aromatic heterocycles. The van der Waals surface area contributed by atoms with Crippen LogP contribution in [0.3, 0.4) is 0 Å². The predicted molar refractivity (Wildman–Crippen MR) is 50.7 cm³/mol. The maximum absolute atomic E-state index is 10.7. The monoisotopic (exact) mass is 191 g/mol. The van der Waals surface area contributed by atoms with E-state index in [1.807, 2.05) is 0 Å². The van der Waals surface area contributed by atoms with Gasteiger partial charge in [-0.25, -0.2) is 4.79 Å². The van der Waals surface area contributed by atoms with Crippen LogP contribution in [0.1, 0.15) is 16.1 Å². The van der Waals surface area contributed by atoms with Gasteiger partial charge in [-0.15, -0.1) is 0 Å². The first-order chi connectivity index (χ1) is 6.76. The average molecular weight is 191 g/mol. The fourth-order valence-corrected chi connectivity index (χ4v) is 0.851. The van der Waals surface area contributed by atoms with Crippen molar-refractivity contribution in [3.63, 3.8) is 0 Å². The zero-order valence-corrected chi connectivity index (χ0v) is 7.64. The van der Waals surface area contributed by atoms with Crippen molar-refractivity contribution in [2.75, 3.05) is 7.11 Å². The lowest BCUT2D eigenvalue weighted by Gasteiger charge is -1.93. The van der Waals surface area contributed by atoms with Crippen LogP contribution in [0.4, 0.5) is 0 Å². The summed E-state index contributed by atoms with van der Waals surface area (Å²) in [5, 5.41) is 0. The summed E-state index contributed by atoms with van der Waals surface area (Å²) in [5.41, 5.74) is 1.06. The molecule has 72 valence electrons. The Balaban J connectivity index is 2.81. The highest BCUT2D eigenvalue weighted by atomic mass is 16.5. The Morgan fingerprint density at radius 3 is 3.00 bits per heavy atom. The number of pyridine rings is 1. The van der Waals surface area contributed by atoms with E-state index in [4.69, 9.17) is 0 Å². The van der Waals surface area contributed by atoms with E-state index in [0.717, 1.165) is 6.29 Å². The topological polar surface area (TPSA) is 56.3 Å². The standard InChI is InChI=1S/C10H9NO3/c1-14-10(13)3-2-9-6-8(7-12)4-5-11-9/h2-7H,1H3. The number of nitrogens with zero attached hydrogens (tertiary/aromatic N) is 1. The van der Waals surface area contributed by atoms with Crippen molar-refractivity contribution >= 4 is 18.3 Å². The highest BCUT2D eigenvalue weighted by molar-refractivity contribution is 5.87. The minimum atomic E-state index is -0.455. The summed E-state index contributed by atoms with van der Waals surface area (Å²) >= 11 is 0. The summed E-state index contributed by atoms with van der Waals surface area (Å²) in [6.45, 7) is 0. The average Bonchev–Trinajstić information content (AvgIpc) is 2.26. The molecule has 0 saturated carbocycles. The molecule has 0 saturated heterocycles. The van der Waals surface area contributed by atoms with Crippen molar-refractivity contribution in [3.05, 3.63) is 35.7 Å². The van der Waals surface area contributed by atoms with Crippen molar-refractivity contribution in [1.29, 1.82) is 0 Å². The summed E-state index contributed by atoms with van der Waals surface area (Å²) < 4.78 is 4.41. The molecule has 0 atom stereocenters. The first kappa shape index (κ1) is 10.1. The van der Waals surface area contributed by atoms with Crippen molar-refractivity contribution in [2.45, 2.75) is 0 Å². The van der Waals surface area contributed by atoms with E-state index < -0.39 is 5.97 Å². The Morgan fingerprint density at radius 1 is 1.57 bits per heavy atom. The lowest BCUT2D eigenvalue weighted by atomic mass is 10.2. The number of aromatic nitrogens is 1. The van der Waals surface area contributed by atoms with E-state index in [2.05, 4.69) is 9.72 Å². The minimum Gasteiger partial charge on any atom is -0.466 e. The number of aldehydes is 1. The molecule has 1 heterocycles. The number of hydrogen-bond donors (Lipinski definition) is 0. The molecule has 0 N–H and O–H groups in total. The molecule has 0 bridgehead atoms. The largest absolute Gasteiger partial charge is 0.466 e. The lowest BCUT2D eigenvalue weighted by molar-refractivity contribution is -0.134. The summed E-state index contributed by atoms with van der Waals surface area (Å²) in [4.78, 5) is 25.1. The van der Waals surface area contributed by atoms with Crippen molar-refractivity contribution < 1.29 is 14.3 Å². The molecule has 4 heteroatoms. The van der Waals surface area contributed by atoms with Gasteiger partial charge < -0.3 is 4.74 Å². The molecule has 0 fully saturated rings. The summed E-state index contributed by atoms with van der Waals surface area (Å²) in [5.74, 6) is -0.455. The first-order valence-electron chi connectivity index (χ1n) is 3.93. The van der Waals surface area contributed by atoms with E-state index in [-0.39, 0.29) is 0 Å². The highest BCUT2D eigenvalue weighted by Gasteiger charge is 1.94. The summed E-state index contributed by atoms with van der Waals surface area (Å²) in [7, 11) is 1.29. The van der Waals surface area contributed by atoms with Crippen molar-refractivity contribution in [1.82, 2.24) is 4.98 Å². The van der Waals surface area contributed by atoms with E-state index >= 15 is 0 Å². The van der Waals surface area contributed by atoms with Gasteiger partial charge in [-0.1, -0.05) is 0 Å². The molecule has 0 spiro atoms. The van der Waals surface area contributed by atoms with Gasteiger partial charge in [-0.05, 0) is 18.2 Å². The van der Waals surface area contributed by atoms with Crippen LogP contribution in [0.25, 0.3) is 6.08 Å². The molecule has 1 aromatic rings. The van der Waals surface area contributed by atoms with Crippen LogP contribution in [-0.4, -0.2) is 24.3 Å². The smallest absolute Gasteiger partial charge is 0.330 e. The molecule has 14 heavy (non-hydrogen) atoms. The second-order valence-corrected chi connectivity index (χ2v) is 2.49. The van der Waals surface area contributed by atoms with Crippen LogP contribution < -0.4 is 0 Å². The molecule has 0 radical (unpaired) electrons. The third-order valence-corrected chi connectivity index (χ3v) is 1.53. The number of methoxy groups -OCH3 is 1. The van der Waals surface area contributed by atoms with Gasteiger partial charge in [0, 0.05) is 17.8 Å². The number of hydrogen-bond acceptors (Lipinski definition) is 4. The molecule has 0 aliphatic heterocycles. The normalized spacial score (nSPS) is 10.1. The molecule has 0 aliphatic carbocycles. The SMILES string of the molecule is COC(=O)C=Cc1cc(C=O)ccn1. The maximum atomic E-state index is 10.7. The minimum absolute atomic E-state index is 0.455. The fourth-order valence-electron chi connectivity index (χ4n) is 0.851. The van der Waals surface area contributed by atoms with Gasteiger partial charge >= 0.3 is 5.97 Å². The fraction of sp³-hybridized carbons (Fsp3) is 0.100. The van der Waals surface area contributed by atoms with E-state index in [0.29, 0.717) is 11.3 Å². The van der Waals surface area contributed by atoms with Gasteiger partial charge in [0.25, 0.3) is 0 Å². The van der Waals surface area contributed by atoms with Gasteiger partial charge in [-0.3, -0.25) is 9.78 Å². The molecule has 0 aromatic carbocycles. The third-order valence-electron chi connectivity index (χ3n) is 1.53. The van der Waals surface area contributed by atoms with Crippen LogP contribution in [0.15, 0.2) is 24.4 Å². The zero-order valence-electron chi connectivity index (χ0n) is 7.64. The second-order valence-electron chi connectivity index (χ2n) is 2.49. The summed E-state index contributed by atoms with van der Waals surface area (Å²) in [6, 6.07) is 3.16. The Labute approximate surface area is 81.2 Å². The zero-order chi connectivity index (χ0) is 10.4. The van der Waals surface area contributed by atoms with Gasteiger partial charge in [0.2, 0.25) is 0 Å². The first-order valence-corrected chi connectivity index (χ1v) is 3.93. The molecule has 4 nitrogen and oxygen atoms in total. The van der Waals surface area contributed by atoms with E-state index in [1.54, 1.807) is 12.1 Å². The van der Waals surface area contributed by atoms with Crippen LogP contribution in [0.5, 0.6) is 0 Å². The Bertz CT molecular complexity index is 371. The van der Waals surface area contributed by atoms with Crippen LogP contribution >= 0.6 is 0 Å². The molecule has 0 aliphatic rings. The van der Waals surface area contributed by atoms with Gasteiger partial charge in [0.1, 0.15) is 6.29 Å². The number of carbonyl (C=O) groups is 2.